The van der Waals surface area contributed by atoms with Crippen LogP contribution in [0.4, 0.5) is 0 Å². The fraction of sp³-hybridized carbons (Fsp3) is 0.0222. The van der Waals surface area contributed by atoms with Crippen molar-refractivity contribution in [2.24, 2.45) is 0 Å². The zero-order chi connectivity index (χ0) is 31.4. The van der Waals surface area contributed by atoms with Crippen LogP contribution in [0.3, 0.4) is 0 Å². The summed E-state index contributed by atoms with van der Waals surface area (Å²) in [5, 5.41) is 3.89. The van der Waals surface area contributed by atoms with Gasteiger partial charge in [-0.25, -0.2) is 0 Å². The van der Waals surface area contributed by atoms with Gasteiger partial charge in [-0.15, -0.1) is 0 Å². The normalized spacial score (nSPS) is 13.9. The molecule has 1 aliphatic heterocycles. The summed E-state index contributed by atoms with van der Waals surface area (Å²) in [7, 11) is 0. The molecule has 0 amide bonds. The Labute approximate surface area is 282 Å². The number of hydrogen-bond donors (Lipinski definition) is 0. The molecular formula is C45H28N2S. The van der Waals surface area contributed by atoms with Crippen LogP contribution in [0.15, 0.2) is 180 Å². The third-order valence-corrected chi connectivity index (χ3v) is 11.7. The maximum Gasteiger partial charge on any atom is 0.131 e. The van der Waals surface area contributed by atoms with E-state index in [1.807, 2.05) is 11.8 Å². The van der Waals surface area contributed by atoms with Crippen LogP contribution in [0.2, 0.25) is 0 Å². The summed E-state index contributed by atoms with van der Waals surface area (Å²) in [4.78, 5) is 2.58. The van der Waals surface area contributed by atoms with Crippen LogP contribution in [0.25, 0.3) is 55.3 Å². The van der Waals surface area contributed by atoms with Gasteiger partial charge in [-0.3, -0.25) is 9.13 Å². The number of fused-ring (bicyclic) bond motifs is 10. The topological polar surface area (TPSA) is 9.86 Å². The molecule has 3 heterocycles. The van der Waals surface area contributed by atoms with Gasteiger partial charge in [0, 0.05) is 31.6 Å². The summed E-state index contributed by atoms with van der Waals surface area (Å²) in [6.45, 7) is 0. The van der Waals surface area contributed by atoms with Crippen molar-refractivity contribution in [1.29, 1.82) is 0 Å². The smallest absolute Gasteiger partial charge is 0.131 e. The Morgan fingerprint density at radius 3 is 1.94 bits per heavy atom. The lowest BCUT2D eigenvalue weighted by molar-refractivity contribution is 0.767. The van der Waals surface area contributed by atoms with Crippen LogP contribution in [0.1, 0.15) is 22.3 Å². The molecule has 11 rings (SSSR count). The van der Waals surface area contributed by atoms with E-state index >= 15 is 0 Å². The van der Waals surface area contributed by atoms with E-state index in [9.17, 15) is 0 Å². The molecule has 9 aromatic rings. The average Bonchev–Trinajstić information content (AvgIpc) is 3.78. The molecule has 7 aromatic carbocycles. The zero-order valence-electron chi connectivity index (χ0n) is 26.0. The van der Waals surface area contributed by atoms with Crippen molar-refractivity contribution in [1.82, 2.24) is 9.13 Å². The van der Waals surface area contributed by atoms with Gasteiger partial charge in [-0.1, -0.05) is 145 Å². The van der Waals surface area contributed by atoms with Crippen LogP contribution in [-0.4, -0.2) is 9.13 Å². The van der Waals surface area contributed by atoms with Gasteiger partial charge in [-0.05, 0) is 69.8 Å². The van der Waals surface area contributed by atoms with Gasteiger partial charge in [0.05, 0.1) is 22.1 Å². The number of benzene rings is 7. The van der Waals surface area contributed by atoms with Crippen LogP contribution in [0, 0.1) is 0 Å². The fourth-order valence-corrected chi connectivity index (χ4v) is 9.85. The Hall–Kier alpha value is -5.77. The standard InChI is InChI=1S/C45H28N2S/c1-3-14-29(15-4-1)45(30-16-5-2-6-17-30)36-21-9-7-18-32(36)33-27-26-31(28-37(33)45)46-38-22-10-8-19-34(38)42-35-20-13-25-41-43(35)47(44(42)46)39-23-11-12-24-40(39)48-41/h1-28H. The first-order valence-electron chi connectivity index (χ1n) is 16.5. The molecule has 0 saturated heterocycles. The van der Waals surface area contributed by atoms with Crippen molar-refractivity contribution in [3.05, 3.63) is 192 Å². The highest BCUT2D eigenvalue weighted by atomic mass is 32.2. The SMILES string of the molecule is c1ccc(C2(c3ccccc3)c3ccccc3-c3ccc(-n4c5ccccc5c5c6cccc7c6n(c54)-c4ccccc4S7)cc32)cc1. The molecule has 0 unspecified atom stereocenters. The van der Waals surface area contributed by atoms with Gasteiger partial charge in [0.2, 0.25) is 0 Å². The predicted octanol–water partition coefficient (Wildman–Crippen LogP) is 11.6. The van der Waals surface area contributed by atoms with E-state index in [4.69, 9.17) is 0 Å². The average molecular weight is 629 g/mol. The van der Waals surface area contributed by atoms with Crippen LogP contribution in [0.5, 0.6) is 0 Å². The molecule has 0 N–H and O–H groups in total. The van der Waals surface area contributed by atoms with Gasteiger partial charge < -0.3 is 0 Å². The van der Waals surface area contributed by atoms with E-state index in [0.717, 1.165) is 0 Å². The van der Waals surface area contributed by atoms with E-state index < -0.39 is 5.41 Å². The summed E-state index contributed by atoms with van der Waals surface area (Å²) < 4.78 is 5.04. The van der Waals surface area contributed by atoms with Gasteiger partial charge in [-0.2, -0.15) is 0 Å². The molecule has 2 nitrogen and oxygen atoms in total. The molecule has 3 heteroatoms. The number of nitrogens with zero attached hydrogens (tertiary/aromatic N) is 2. The molecule has 1 aliphatic carbocycles. The molecule has 2 aliphatic rings. The summed E-state index contributed by atoms with van der Waals surface area (Å²) in [5.74, 6) is 0. The number of aromatic nitrogens is 2. The summed E-state index contributed by atoms with van der Waals surface area (Å²) in [6, 6.07) is 62.9. The van der Waals surface area contributed by atoms with Crippen molar-refractivity contribution < 1.29 is 0 Å². The number of rotatable bonds is 3. The minimum absolute atomic E-state index is 0.457. The Bertz CT molecular complexity index is 2710. The first-order valence-corrected chi connectivity index (χ1v) is 17.4. The highest BCUT2D eigenvalue weighted by Gasteiger charge is 2.46. The van der Waals surface area contributed by atoms with Gasteiger partial charge >= 0.3 is 0 Å². The summed E-state index contributed by atoms with van der Waals surface area (Å²) in [6.07, 6.45) is 0. The van der Waals surface area contributed by atoms with Gasteiger partial charge in [0.1, 0.15) is 5.65 Å². The van der Waals surface area contributed by atoms with E-state index in [0.29, 0.717) is 0 Å². The summed E-state index contributed by atoms with van der Waals surface area (Å²) >= 11 is 1.87. The van der Waals surface area contributed by atoms with Crippen molar-refractivity contribution >= 4 is 44.6 Å². The van der Waals surface area contributed by atoms with Crippen LogP contribution >= 0.6 is 11.8 Å². The maximum absolute atomic E-state index is 2.52. The lowest BCUT2D eigenvalue weighted by atomic mass is 9.67. The van der Waals surface area contributed by atoms with Crippen LogP contribution < -0.4 is 0 Å². The Morgan fingerprint density at radius 2 is 1.10 bits per heavy atom. The Balaban J connectivity index is 1.30. The third kappa shape index (κ3) is 3.24. The van der Waals surface area contributed by atoms with E-state index in [1.54, 1.807) is 0 Å². The Kier molecular flexibility index (Phi) is 5.28. The second-order valence-corrected chi connectivity index (χ2v) is 13.9. The van der Waals surface area contributed by atoms with E-state index in [2.05, 4.69) is 179 Å². The molecule has 0 fully saturated rings. The number of hydrogen-bond acceptors (Lipinski definition) is 1. The first kappa shape index (κ1) is 26.3. The molecule has 0 bridgehead atoms. The molecule has 48 heavy (non-hydrogen) atoms. The molecule has 224 valence electrons. The van der Waals surface area contributed by atoms with Crippen LogP contribution in [-0.2, 0) is 5.41 Å². The van der Waals surface area contributed by atoms with Crippen molar-refractivity contribution in [3.8, 4) is 22.5 Å². The second kappa shape index (κ2) is 9.63. The molecule has 0 radical (unpaired) electrons. The Morgan fingerprint density at radius 1 is 0.458 bits per heavy atom. The highest BCUT2D eigenvalue weighted by molar-refractivity contribution is 7.99. The fourth-order valence-electron chi connectivity index (χ4n) is 8.76. The second-order valence-electron chi connectivity index (χ2n) is 12.9. The minimum Gasteiger partial charge on any atom is -0.295 e. The predicted molar refractivity (Wildman–Crippen MR) is 199 cm³/mol. The van der Waals surface area contributed by atoms with Crippen molar-refractivity contribution in [3.63, 3.8) is 0 Å². The van der Waals surface area contributed by atoms with E-state index in [1.165, 1.54) is 87.4 Å². The molecule has 0 atom stereocenters. The highest BCUT2D eigenvalue weighted by Crippen LogP contribution is 2.57. The first-order chi connectivity index (χ1) is 23.8. The molecule has 0 spiro atoms. The lowest BCUT2D eigenvalue weighted by Crippen LogP contribution is -2.28. The zero-order valence-corrected chi connectivity index (χ0v) is 26.8. The molecule has 2 aromatic heterocycles. The van der Waals surface area contributed by atoms with Gasteiger partial charge in [0.25, 0.3) is 0 Å². The number of para-hydroxylation sites is 3. The third-order valence-electron chi connectivity index (χ3n) is 10.6. The van der Waals surface area contributed by atoms with E-state index in [-0.39, 0.29) is 0 Å². The van der Waals surface area contributed by atoms with Crippen molar-refractivity contribution in [2.75, 3.05) is 0 Å². The largest absolute Gasteiger partial charge is 0.295 e. The summed E-state index contributed by atoms with van der Waals surface area (Å²) in [5.41, 5.74) is 13.5. The van der Waals surface area contributed by atoms with Crippen molar-refractivity contribution in [2.45, 2.75) is 15.2 Å². The minimum atomic E-state index is -0.457. The maximum atomic E-state index is 2.52. The monoisotopic (exact) mass is 628 g/mol. The van der Waals surface area contributed by atoms with Gasteiger partial charge in [0.15, 0.2) is 0 Å². The lowest BCUT2D eigenvalue weighted by Gasteiger charge is -2.34. The molecule has 0 saturated carbocycles. The quantitative estimate of drug-likeness (QED) is 0.189. The molecular weight excluding hydrogens is 601 g/mol.